The van der Waals surface area contributed by atoms with Crippen molar-refractivity contribution in [1.82, 2.24) is 20.0 Å². The van der Waals surface area contributed by atoms with Gasteiger partial charge in [0.1, 0.15) is 6.04 Å². The molecule has 0 bridgehead atoms. The maximum Gasteiger partial charge on any atom is 0.247 e. The summed E-state index contributed by atoms with van der Waals surface area (Å²) in [4.78, 5) is 36.5. The van der Waals surface area contributed by atoms with Crippen LogP contribution in [0.25, 0.3) is 0 Å². The molecule has 3 heterocycles. The summed E-state index contributed by atoms with van der Waals surface area (Å²) in [6.45, 7) is 6.04. The molecule has 4 rings (SSSR count). The lowest BCUT2D eigenvalue weighted by molar-refractivity contribution is -0.140. The van der Waals surface area contributed by atoms with E-state index >= 15 is 0 Å². The molecule has 182 valence electrons. The van der Waals surface area contributed by atoms with E-state index in [1.807, 2.05) is 17.2 Å². The molecule has 8 nitrogen and oxygen atoms in total. The Bertz CT molecular complexity index is 936. The second-order valence-electron chi connectivity index (χ2n) is 10.0. The fourth-order valence-electron chi connectivity index (χ4n) is 5.48. The summed E-state index contributed by atoms with van der Waals surface area (Å²) < 4.78 is 0. The highest BCUT2D eigenvalue weighted by Crippen LogP contribution is 2.33. The SMILES string of the molecule is CC1(c2ccccc2)CCCN(C(=N[C@H]2CCCCN(CC(=O)N3CCCC3)C2=O)NC#N)C1. The minimum Gasteiger partial charge on any atom is -0.341 e. The Morgan fingerprint density at radius 1 is 1.09 bits per heavy atom. The number of nitrogens with zero attached hydrogens (tertiary/aromatic N) is 5. The maximum atomic E-state index is 13.4. The first kappa shape index (κ1) is 24.1. The third kappa shape index (κ3) is 5.52. The molecule has 2 amide bonds. The van der Waals surface area contributed by atoms with Crippen LogP contribution in [0.15, 0.2) is 35.3 Å². The second-order valence-corrected chi connectivity index (χ2v) is 10.0. The van der Waals surface area contributed by atoms with E-state index in [0.29, 0.717) is 18.9 Å². The van der Waals surface area contributed by atoms with Gasteiger partial charge in [-0.1, -0.05) is 37.3 Å². The Hall–Kier alpha value is -3.08. The van der Waals surface area contributed by atoms with Crippen LogP contribution >= 0.6 is 0 Å². The smallest absolute Gasteiger partial charge is 0.247 e. The van der Waals surface area contributed by atoms with Crippen molar-refractivity contribution in [2.24, 2.45) is 4.99 Å². The number of amides is 2. The predicted octanol–water partition coefficient (Wildman–Crippen LogP) is 2.47. The standard InChI is InChI=1S/C26H36N6O2/c1-26(21-10-3-2-4-11-21)13-9-17-32(19-26)25(28-20-27)29-22-12-5-6-16-31(24(22)34)18-23(33)30-14-7-8-15-30/h2-4,10-11,22H,5-9,12-19H2,1H3,(H,28,29)/t22-,26?/m0/s1. The van der Waals surface area contributed by atoms with Gasteiger partial charge >= 0.3 is 0 Å². The van der Waals surface area contributed by atoms with Gasteiger partial charge in [-0.05, 0) is 50.5 Å². The highest BCUT2D eigenvalue weighted by Gasteiger charge is 2.35. The molecule has 0 radical (unpaired) electrons. The van der Waals surface area contributed by atoms with E-state index in [9.17, 15) is 14.9 Å². The van der Waals surface area contributed by atoms with Crippen molar-refractivity contribution in [3.8, 4) is 6.19 Å². The van der Waals surface area contributed by atoms with Crippen LogP contribution in [0.4, 0.5) is 0 Å². The van der Waals surface area contributed by atoms with Gasteiger partial charge in [0, 0.05) is 38.1 Å². The number of aliphatic imine (C=N–C) groups is 1. The quantitative estimate of drug-likeness (QED) is 0.320. The van der Waals surface area contributed by atoms with Crippen LogP contribution < -0.4 is 5.32 Å². The second kappa shape index (κ2) is 10.9. The molecule has 8 heteroatoms. The molecule has 1 N–H and O–H groups in total. The average Bonchev–Trinajstić information content (AvgIpc) is 3.34. The number of guanidine groups is 1. The molecule has 1 aromatic rings. The van der Waals surface area contributed by atoms with E-state index in [-0.39, 0.29) is 23.8 Å². The number of rotatable bonds is 4. The summed E-state index contributed by atoms with van der Waals surface area (Å²) >= 11 is 0. The van der Waals surface area contributed by atoms with Crippen LogP contribution in [-0.4, -0.2) is 77.8 Å². The van der Waals surface area contributed by atoms with Crippen molar-refractivity contribution < 1.29 is 9.59 Å². The molecule has 1 unspecified atom stereocenters. The van der Waals surface area contributed by atoms with Crippen LogP contribution in [0.3, 0.4) is 0 Å². The monoisotopic (exact) mass is 464 g/mol. The zero-order valence-electron chi connectivity index (χ0n) is 20.2. The van der Waals surface area contributed by atoms with Gasteiger partial charge in [-0.2, -0.15) is 5.26 Å². The van der Waals surface area contributed by atoms with E-state index < -0.39 is 6.04 Å². The first-order valence-corrected chi connectivity index (χ1v) is 12.6. The molecule has 3 aliphatic rings. The zero-order chi connectivity index (χ0) is 24.0. The summed E-state index contributed by atoms with van der Waals surface area (Å²) in [6, 6.07) is 9.88. The first-order valence-electron chi connectivity index (χ1n) is 12.6. The van der Waals surface area contributed by atoms with E-state index in [1.54, 1.807) is 4.90 Å². The predicted molar refractivity (Wildman–Crippen MR) is 131 cm³/mol. The van der Waals surface area contributed by atoms with Crippen molar-refractivity contribution in [3.05, 3.63) is 35.9 Å². The van der Waals surface area contributed by atoms with Crippen LogP contribution in [0.5, 0.6) is 0 Å². The third-order valence-corrected chi connectivity index (χ3v) is 7.45. The number of hydrogen-bond acceptors (Lipinski definition) is 4. The number of carbonyl (C=O) groups is 2. The minimum absolute atomic E-state index is 0.0283. The number of likely N-dealkylation sites (tertiary alicyclic amines) is 3. The molecular weight excluding hydrogens is 428 g/mol. The van der Waals surface area contributed by atoms with E-state index in [4.69, 9.17) is 4.99 Å². The Balaban J connectivity index is 1.50. The van der Waals surface area contributed by atoms with Gasteiger partial charge in [0.15, 0.2) is 6.19 Å². The molecule has 0 saturated carbocycles. The molecule has 3 fully saturated rings. The van der Waals surface area contributed by atoms with Gasteiger partial charge in [-0.25, -0.2) is 4.99 Å². The lowest BCUT2D eigenvalue weighted by Crippen LogP contribution is -2.51. The highest BCUT2D eigenvalue weighted by atomic mass is 16.2. The maximum absolute atomic E-state index is 13.4. The average molecular weight is 465 g/mol. The van der Waals surface area contributed by atoms with Crippen molar-refractivity contribution >= 4 is 17.8 Å². The van der Waals surface area contributed by atoms with Gasteiger partial charge in [-0.15, -0.1) is 0 Å². The van der Waals surface area contributed by atoms with E-state index in [1.165, 1.54) is 5.56 Å². The van der Waals surface area contributed by atoms with Gasteiger partial charge < -0.3 is 14.7 Å². The van der Waals surface area contributed by atoms with Crippen molar-refractivity contribution in [3.63, 3.8) is 0 Å². The molecule has 3 aliphatic heterocycles. The Labute approximate surface area is 202 Å². The van der Waals surface area contributed by atoms with Gasteiger partial charge in [-0.3, -0.25) is 14.9 Å². The lowest BCUT2D eigenvalue weighted by Gasteiger charge is -2.42. The molecule has 34 heavy (non-hydrogen) atoms. The lowest BCUT2D eigenvalue weighted by atomic mass is 9.76. The summed E-state index contributed by atoms with van der Waals surface area (Å²) in [6.07, 6.45) is 8.50. The highest BCUT2D eigenvalue weighted by molar-refractivity contribution is 5.91. The summed E-state index contributed by atoms with van der Waals surface area (Å²) in [5.74, 6) is 0.390. The van der Waals surface area contributed by atoms with Gasteiger partial charge in [0.25, 0.3) is 0 Å². The van der Waals surface area contributed by atoms with Crippen LogP contribution in [0.2, 0.25) is 0 Å². The largest absolute Gasteiger partial charge is 0.341 e. The Morgan fingerprint density at radius 3 is 2.53 bits per heavy atom. The van der Waals surface area contributed by atoms with Crippen LogP contribution in [0.1, 0.15) is 57.4 Å². The Kier molecular flexibility index (Phi) is 7.71. The molecule has 0 spiro atoms. The van der Waals surface area contributed by atoms with E-state index in [0.717, 1.165) is 64.7 Å². The zero-order valence-corrected chi connectivity index (χ0v) is 20.2. The number of nitriles is 1. The Morgan fingerprint density at radius 2 is 1.79 bits per heavy atom. The molecular formula is C26H36N6O2. The number of hydrogen-bond donors (Lipinski definition) is 1. The first-order chi connectivity index (χ1) is 16.5. The molecule has 0 aromatic heterocycles. The topological polar surface area (TPSA) is 92.0 Å². The fraction of sp³-hybridized carbons (Fsp3) is 0.615. The van der Waals surface area contributed by atoms with Crippen LogP contribution in [-0.2, 0) is 15.0 Å². The van der Waals surface area contributed by atoms with Crippen molar-refractivity contribution in [2.75, 3.05) is 39.3 Å². The number of piperidine rings is 1. The molecule has 3 saturated heterocycles. The number of carbonyl (C=O) groups excluding carboxylic acids is 2. The number of benzene rings is 1. The summed E-state index contributed by atoms with van der Waals surface area (Å²) in [7, 11) is 0. The molecule has 2 atom stereocenters. The minimum atomic E-state index is -0.574. The van der Waals surface area contributed by atoms with Gasteiger partial charge in [0.2, 0.25) is 17.8 Å². The van der Waals surface area contributed by atoms with Crippen LogP contribution in [0, 0.1) is 11.5 Å². The third-order valence-electron chi connectivity index (χ3n) is 7.45. The summed E-state index contributed by atoms with van der Waals surface area (Å²) in [5.41, 5.74) is 1.21. The number of nitrogens with one attached hydrogen (secondary N) is 1. The molecule has 0 aliphatic carbocycles. The van der Waals surface area contributed by atoms with E-state index in [2.05, 4.69) is 41.4 Å². The summed E-state index contributed by atoms with van der Waals surface area (Å²) in [5, 5.41) is 12.2. The normalized spacial score (nSPS) is 26.2. The molecule has 1 aromatic carbocycles. The fourth-order valence-corrected chi connectivity index (χ4v) is 5.48. The van der Waals surface area contributed by atoms with Crippen molar-refractivity contribution in [1.29, 1.82) is 5.26 Å². The van der Waals surface area contributed by atoms with Gasteiger partial charge in [0.05, 0.1) is 6.54 Å². The van der Waals surface area contributed by atoms with Crippen molar-refractivity contribution in [2.45, 2.75) is 63.3 Å².